The first-order valence-electron chi connectivity index (χ1n) is 7.95. The number of nitrogens with zero attached hydrogens (tertiary/aromatic N) is 3. The maximum atomic E-state index is 12.2. The summed E-state index contributed by atoms with van der Waals surface area (Å²) in [6.07, 6.45) is 4.47. The van der Waals surface area contributed by atoms with E-state index in [9.17, 15) is 4.79 Å². The summed E-state index contributed by atoms with van der Waals surface area (Å²) in [5.41, 5.74) is 1.85. The third-order valence-corrected chi connectivity index (χ3v) is 4.96. The number of carbonyl (C=O) groups is 1. The summed E-state index contributed by atoms with van der Waals surface area (Å²) in [7, 11) is 1.95. The zero-order chi connectivity index (χ0) is 17.1. The highest BCUT2D eigenvalue weighted by atomic mass is 32.1. The molecule has 0 fully saturated rings. The fourth-order valence-corrected chi connectivity index (χ4v) is 3.35. The smallest absolute Gasteiger partial charge is 0.228 e. The van der Waals surface area contributed by atoms with Gasteiger partial charge in [0.15, 0.2) is 11.0 Å². The van der Waals surface area contributed by atoms with Crippen LogP contribution in [0.15, 0.2) is 42.7 Å². The number of carbonyl (C=O) groups excluding carboxylic acids is 1. The molecule has 0 aliphatic heterocycles. The molecule has 0 radical (unpaired) electrons. The monoisotopic (exact) mass is 340 g/mol. The number of nitrogens with one attached hydrogen (secondary N) is 1. The summed E-state index contributed by atoms with van der Waals surface area (Å²) < 4.78 is 1.96. The average molecular weight is 340 g/mol. The van der Waals surface area contributed by atoms with E-state index in [1.165, 1.54) is 11.3 Å². The molecule has 5 nitrogen and oxygen atoms in total. The fourth-order valence-electron chi connectivity index (χ4n) is 2.32. The number of amides is 1. The van der Waals surface area contributed by atoms with E-state index in [4.69, 9.17) is 0 Å². The first-order chi connectivity index (χ1) is 11.6. The van der Waals surface area contributed by atoms with Crippen LogP contribution in [0, 0.1) is 5.92 Å². The number of benzene rings is 1. The molecule has 6 heteroatoms. The van der Waals surface area contributed by atoms with Crippen molar-refractivity contribution in [3.63, 3.8) is 0 Å². The van der Waals surface area contributed by atoms with Crippen LogP contribution in [0.25, 0.3) is 22.0 Å². The molecule has 1 N–H and O–H groups in total. The molecule has 0 saturated carbocycles. The molecule has 124 valence electrons. The zero-order valence-corrected chi connectivity index (χ0v) is 14.8. The highest BCUT2D eigenvalue weighted by Crippen LogP contribution is 2.38. The molecular formula is C18H20N4OS. The minimum atomic E-state index is -0.0364. The van der Waals surface area contributed by atoms with Gasteiger partial charge in [-0.3, -0.25) is 4.79 Å². The Balaban J connectivity index is 2.03. The normalized spacial score (nSPS) is 12.1. The minimum Gasteiger partial charge on any atom is -0.333 e. The van der Waals surface area contributed by atoms with Crippen molar-refractivity contribution in [1.82, 2.24) is 14.5 Å². The van der Waals surface area contributed by atoms with Crippen LogP contribution >= 0.6 is 11.3 Å². The molecule has 0 spiro atoms. The van der Waals surface area contributed by atoms with Crippen molar-refractivity contribution in [1.29, 1.82) is 0 Å². The van der Waals surface area contributed by atoms with Gasteiger partial charge in [-0.1, -0.05) is 55.5 Å². The van der Waals surface area contributed by atoms with Crippen molar-refractivity contribution in [2.24, 2.45) is 13.0 Å². The van der Waals surface area contributed by atoms with Crippen molar-refractivity contribution in [2.45, 2.75) is 20.3 Å². The van der Waals surface area contributed by atoms with Gasteiger partial charge in [-0.15, -0.1) is 0 Å². The predicted molar refractivity (Wildman–Crippen MR) is 97.8 cm³/mol. The Labute approximate surface area is 145 Å². The van der Waals surface area contributed by atoms with Crippen LogP contribution in [0.2, 0.25) is 0 Å². The van der Waals surface area contributed by atoms with E-state index in [1.54, 1.807) is 6.20 Å². The number of aryl methyl sites for hydroxylation is 1. The highest BCUT2D eigenvalue weighted by molar-refractivity contribution is 7.19. The molecule has 3 rings (SSSR count). The van der Waals surface area contributed by atoms with Gasteiger partial charge in [0, 0.05) is 30.9 Å². The number of rotatable bonds is 5. The molecule has 3 aromatic rings. The molecular weight excluding hydrogens is 320 g/mol. The van der Waals surface area contributed by atoms with Crippen molar-refractivity contribution in [2.75, 3.05) is 5.32 Å². The van der Waals surface area contributed by atoms with E-state index in [2.05, 4.69) is 15.3 Å². The van der Waals surface area contributed by atoms with Crippen molar-refractivity contribution >= 4 is 22.4 Å². The molecule has 0 aliphatic rings. The summed E-state index contributed by atoms with van der Waals surface area (Å²) in [6.45, 7) is 3.92. The van der Waals surface area contributed by atoms with Crippen molar-refractivity contribution < 1.29 is 4.79 Å². The zero-order valence-electron chi connectivity index (χ0n) is 14.0. The minimum absolute atomic E-state index is 0.00254. The van der Waals surface area contributed by atoms with E-state index in [-0.39, 0.29) is 11.8 Å². The van der Waals surface area contributed by atoms with Crippen LogP contribution in [-0.2, 0) is 11.8 Å². The van der Waals surface area contributed by atoms with Gasteiger partial charge in [0.2, 0.25) is 5.91 Å². The third-order valence-electron chi connectivity index (χ3n) is 3.99. The Morgan fingerprint density at radius 2 is 2.08 bits per heavy atom. The maximum absolute atomic E-state index is 12.2. The molecule has 1 unspecified atom stereocenters. The lowest BCUT2D eigenvalue weighted by atomic mass is 10.1. The molecule has 1 aromatic carbocycles. The van der Waals surface area contributed by atoms with E-state index in [1.807, 2.05) is 62.0 Å². The Hall–Kier alpha value is -2.47. The summed E-state index contributed by atoms with van der Waals surface area (Å²) in [4.78, 5) is 22.2. The van der Waals surface area contributed by atoms with Gasteiger partial charge >= 0.3 is 0 Å². The SMILES string of the molecule is CCC(C)C(=O)Nc1nc(-c2ccccc2)c(-c2nccn2C)s1. The molecule has 2 aromatic heterocycles. The van der Waals surface area contributed by atoms with E-state index >= 15 is 0 Å². The molecule has 0 saturated heterocycles. The quantitative estimate of drug-likeness (QED) is 0.757. The first kappa shape index (κ1) is 16.4. The van der Waals surface area contributed by atoms with Crippen molar-refractivity contribution in [3.8, 4) is 22.0 Å². The topological polar surface area (TPSA) is 59.8 Å². The Kier molecular flexibility index (Phi) is 4.76. The lowest BCUT2D eigenvalue weighted by molar-refractivity contribution is -0.119. The number of imidazole rings is 1. The molecule has 1 atom stereocenters. The van der Waals surface area contributed by atoms with Crippen LogP contribution in [-0.4, -0.2) is 20.4 Å². The second kappa shape index (κ2) is 6.97. The van der Waals surface area contributed by atoms with Crippen LogP contribution in [0.4, 0.5) is 5.13 Å². The Morgan fingerprint density at radius 1 is 1.33 bits per heavy atom. The number of hydrogen-bond donors (Lipinski definition) is 1. The van der Waals surface area contributed by atoms with Gasteiger partial charge in [-0.2, -0.15) is 0 Å². The van der Waals surface area contributed by atoms with Crippen LogP contribution in [0.1, 0.15) is 20.3 Å². The van der Waals surface area contributed by atoms with Crippen LogP contribution < -0.4 is 5.32 Å². The lowest BCUT2D eigenvalue weighted by Crippen LogP contribution is -2.19. The van der Waals surface area contributed by atoms with Gasteiger partial charge in [0.25, 0.3) is 0 Å². The number of thiazole rings is 1. The van der Waals surface area contributed by atoms with Crippen molar-refractivity contribution in [3.05, 3.63) is 42.7 Å². The predicted octanol–water partition coefficient (Wildman–Crippen LogP) is 4.20. The Bertz CT molecular complexity index is 838. The lowest BCUT2D eigenvalue weighted by Gasteiger charge is -2.06. The van der Waals surface area contributed by atoms with E-state index in [0.29, 0.717) is 5.13 Å². The average Bonchev–Trinajstić information content (AvgIpc) is 3.20. The van der Waals surface area contributed by atoms with Gasteiger partial charge in [-0.05, 0) is 6.42 Å². The summed E-state index contributed by atoms with van der Waals surface area (Å²) in [6, 6.07) is 9.97. The highest BCUT2D eigenvalue weighted by Gasteiger charge is 2.20. The van der Waals surface area contributed by atoms with E-state index in [0.717, 1.165) is 28.4 Å². The third kappa shape index (κ3) is 3.23. The largest absolute Gasteiger partial charge is 0.333 e. The number of anilines is 1. The summed E-state index contributed by atoms with van der Waals surface area (Å²) >= 11 is 1.46. The summed E-state index contributed by atoms with van der Waals surface area (Å²) in [5.74, 6) is 0.804. The second-order valence-corrected chi connectivity index (χ2v) is 6.72. The van der Waals surface area contributed by atoms with Gasteiger partial charge < -0.3 is 9.88 Å². The van der Waals surface area contributed by atoms with Gasteiger partial charge in [-0.25, -0.2) is 9.97 Å². The first-order valence-corrected chi connectivity index (χ1v) is 8.76. The Morgan fingerprint density at radius 3 is 2.71 bits per heavy atom. The van der Waals surface area contributed by atoms with Crippen LogP contribution in [0.5, 0.6) is 0 Å². The fraction of sp³-hybridized carbons (Fsp3) is 0.278. The van der Waals surface area contributed by atoms with Gasteiger partial charge in [0.1, 0.15) is 0 Å². The number of aromatic nitrogens is 3. The second-order valence-electron chi connectivity index (χ2n) is 5.72. The standard InChI is InChI=1S/C18H20N4OS/c1-4-12(2)17(23)21-18-20-14(13-8-6-5-7-9-13)15(24-18)16-19-10-11-22(16)3/h5-12H,4H2,1-3H3,(H,20,21,23). The van der Waals surface area contributed by atoms with Gasteiger partial charge in [0.05, 0.1) is 10.6 Å². The molecule has 1 amide bonds. The number of hydrogen-bond acceptors (Lipinski definition) is 4. The molecule has 0 bridgehead atoms. The maximum Gasteiger partial charge on any atom is 0.228 e. The summed E-state index contributed by atoms with van der Waals surface area (Å²) in [5, 5.41) is 3.54. The van der Waals surface area contributed by atoms with E-state index < -0.39 is 0 Å². The molecule has 24 heavy (non-hydrogen) atoms. The molecule has 2 heterocycles. The van der Waals surface area contributed by atoms with Crippen LogP contribution in [0.3, 0.4) is 0 Å². The molecule has 0 aliphatic carbocycles.